The van der Waals surface area contributed by atoms with E-state index in [2.05, 4.69) is 25.7 Å². The molecule has 0 bridgehead atoms. The third-order valence-corrected chi connectivity index (χ3v) is 5.61. The summed E-state index contributed by atoms with van der Waals surface area (Å²) in [6.45, 7) is 0. The molecule has 2 aromatic heterocycles. The van der Waals surface area contributed by atoms with Crippen LogP contribution in [0.1, 0.15) is 5.56 Å². The molecule has 0 saturated carbocycles. The van der Waals surface area contributed by atoms with Crippen molar-refractivity contribution in [1.29, 1.82) is 0 Å². The molecule has 0 atom stereocenters. The number of nitrogens with one attached hydrogen (secondary N) is 1. The third-order valence-electron chi connectivity index (χ3n) is 2.97. The molecule has 2 heterocycles. The Morgan fingerprint density at radius 2 is 2.15 bits per heavy atom. The van der Waals surface area contributed by atoms with Crippen LogP contribution >= 0.6 is 46.3 Å². The van der Waals surface area contributed by atoms with Crippen LogP contribution in [-0.2, 0) is 4.79 Å². The van der Waals surface area contributed by atoms with Crippen molar-refractivity contribution >= 4 is 58.4 Å². The molecule has 132 valence electrons. The van der Waals surface area contributed by atoms with Crippen molar-refractivity contribution < 1.29 is 4.79 Å². The number of hydrazone groups is 1. The van der Waals surface area contributed by atoms with Gasteiger partial charge in [0.25, 0.3) is 5.91 Å². The fourth-order valence-electron chi connectivity index (χ4n) is 1.80. The smallest absolute Gasteiger partial charge is 0.250 e. The number of hydrogen-bond donors (Lipinski definition) is 1. The average molecular weight is 424 g/mol. The first-order valence-corrected chi connectivity index (χ1v) is 9.82. The summed E-state index contributed by atoms with van der Waals surface area (Å²) >= 11 is 14.5. The highest BCUT2D eigenvalue weighted by molar-refractivity contribution is 8.01. The lowest BCUT2D eigenvalue weighted by molar-refractivity contribution is -0.118. The number of amides is 1. The van der Waals surface area contributed by atoms with Crippen LogP contribution in [-0.4, -0.2) is 33.1 Å². The van der Waals surface area contributed by atoms with E-state index >= 15 is 0 Å². The number of rotatable bonds is 6. The van der Waals surface area contributed by atoms with Gasteiger partial charge in [-0.15, -0.1) is 10.2 Å². The first kappa shape index (κ1) is 18.8. The number of thioether (sulfide) groups is 1. The predicted octanol–water partition coefficient (Wildman–Crippen LogP) is 4.15. The molecule has 0 aliphatic rings. The Labute approximate surface area is 167 Å². The minimum absolute atomic E-state index is 0.169. The van der Waals surface area contributed by atoms with Crippen LogP contribution in [0.3, 0.4) is 0 Å². The van der Waals surface area contributed by atoms with Crippen molar-refractivity contribution in [2.75, 3.05) is 5.75 Å². The molecule has 6 nitrogen and oxygen atoms in total. The normalized spacial score (nSPS) is 11.0. The molecule has 0 unspecified atom stereocenters. The zero-order chi connectivity index (χ0) is 18.4. The lowest BCUT2D eigenvalue weighted by Gasteiger charge is -1.99. The van der Waals surface area contributed by atoms with Gasteiger partial charge in [-0.3, -0.25) is 9.78 Å². The van der Waals surface area contributed by atoms with E-state index in [4.69, 9.17) is 23.2 Å². The van der Waals surface area contributed by atoms with E-state index in [0.717, 1.165) is 5.69 Å². The van der Waals surface area contributed by atoms with Gasteiger partial charge in [-0.1, -0.05) is 58.4 Å². The summed E-state index contributed by atoms with van der Waals surface area (Å²) in [5.41, 5.74) is 3.86. The van der Waals surface area contributed by atoms with E-state index in [-0.39, 0.29) is 11.7 Å². The standard InChI is InChI=1S/C16H11Cl2N5OS2/c17-11-5-4-10(12(18)7-11)8-20-21-14(24)9-25-16-23-22-15(26-16)13-3-1-2-6-19-13/h1-8H,9H2,(H,21,24)/b20-8-. The van der Waals surface area contributed by atoms with Gasteiger partial charge < -0.3 is 0 Å². The lowest BCUT2D eigenvalue weighted by Crippen LogP contribution is -2.19. The second-order valence-electron chi connectivity index (χ2n) is 4.84. The minimum atomic E-state index is -0.258. The van der Waals surface area contributed by atoms with Crippen LogP contribution < -0.4 is 5.43 Å². The second kappa shape index (κ2) is 9.09. The number of carbonyl (C=O) groups is 1. The van der Waals surface area contributed by atoms with E-state index in [1.807, 2.05) is 18.2 Å². The van der Waals surface area contributed by atoms with E-state index in [0.29, 0.717) is 25.0 Å². The molecule has 3 aromatic rings. The first-order chi connectivity index (χ1) is 12.6. The summed E-state index contributed by atoms with van der Waals surface area (Å²) in [5.74, 6) is -0.0892. The van der Waals surface area contributed by atoms with Crippen molar-refractivity contribution in [2.45, 2.75) is 4.34 Å². The van der Waals surface area contributed by atoms with Gasteiger partial charge in [0.05, 0.1) is 17.0 Å². The Balaban J connectivity index is 1.50. The highest BCUT2D eigenvalue weighted by atomic mass is 35.5. The van der Waals surface area contributed by atoms with Crippen molar-refractivity contribution in [2.24, 2.45) is 5.10 Å². The molecule has 1 aromatic carbocycles. The first-order valence-electron chi connectivity index (χ1n) is 7.26. The van der Waals surface area contributed by atoms with Gasteiger partial charge in [-0.05, 0) is 24.3 Å². The SMILES string of the molecule is O=C(CSc1nnc(-c2ccccn2)s1)N/N=C\c1ccc(Cl)cc1Cl. The number of pyridine rings is 1. The second-order valence-corrected chi connectivity index (χ2v) is 7.88. The molecule has 0 fully saturated rings. The molecule has 10 heteroatoms. The third kappa shape index (κ3) is 5.25. The van der Waals surface area contributed by atoms with Crippen LogP contribution in [0.4, 0.5) is 0 Å². The molecule has 0 spiro atoms. The molecule has 1 N–H and O–H groups in total. The predicted molar refractivity (Wildman–Crippen MR) is 106 cm³/mol. The Hall–Kier alpha value is -2.00. The van der Waals surface area contributed by atoms with Crippen molar-refractivity contribution in [3.8, 4) is 10.7 Å². The minimum Gasteiger partial charge on any atom is -0.272 e. The molecular formula is C16H11Cl2N5OS2. The van der Waals surface area contributed by atoms with E-state index in [1.54, 1.807) is 24.4 Å². The molecule has 0 aliphatic heterocycles. The highest BCUT2D eigenvalue weighted by Gasteiger charge is 2.10. The summed E-state index contributed by atoms with van der Waals surface area (Å²) in [6, 6.07) is 10.6. The molecular weight excluding hydrogens is 413 g/mol. The topological polar surface area (TPSA) is 80.1 Å². The van der Waals surface area contributed by atoms with Gasteiger partial charge in [0.1, 0.15) is 5.69 Å². The summed E-state index contributed by atoms with van der Waals surface area (Å²) in [5, 5.41) is 13.7. The average Bonchev–Trinajstić information content (AvgIpc) is 3.12. The highest BCUT2D eigenvalue weighted by Crippen LogP contribution is 2.27. The van der Waals surface area contributed by atoms with E-state index in [9.17, 15) is 4.79 Å². The largest absolute Gasteiger partial charge is 0.272 e. The molecule has 26 heavy (non-hydrogen) atoms. The van der Waals surface area contributed by atoms with Gasteiger partial charge in [0.2, 0.25) is 0 Å². The van der Waals surface area contributed by atoms with Crippen LogP contribution in [0, 0.1) is 0 Å². The Kier molecular flexibility index (Phi) is 6.56. The summed E-state index contributed by atoms with van der Waals surface area (Å²) in [4.78, 5) is 16.1. The van der Waals surface area contributed by atoms with Crippen molar-refractivity contribution in [3.05, 3.63) is 58.2 Å². The van der Waals surface area contributed by atoms with Gasteiger partial charge >= 0.3 is 0 Å². The maximum Gasteiger partial charge on any atom is 0.250 e. The van der Waals surface area contributed by atoms with Crippen LogP contribution in [0.2, 0.25) is 10.0 Å². The fraction of sp³-hybridized carbons (Fsp3) is 0.0625. The zero-order valence-electron chi connectivity index (χ0n) is 13.1. The Morgan fingerprint density at radius 3 is 2.92 bits per heavy atom. The van der Waals surface area contributed by atoms with E-state index < -0.39 is 0 Å². The van der Waals surface area contributed by atoms with Crippen molar-refractivity contribution in [3.63, 3.8) is 0 Å². The number of carbonyl (C=O) groups excluding carboxylic acids is 1. The Morgan fingerprint density at radius 1 is 1.27 bits per heavy atom. The molecule has 0 saturated heterocycles. The maximum atomic E-state index is 11.9. The molecule has 0 aliphatic carbocycles. The quantitative estimate of drug-likeness (QED) is 0.365. The zero-order valence-corrected chi connectivity index (χ0v) is 16.2. The fourth-order valence-corrected chi connectivity index (χ4v) is 3.88. The van der Waals surface area contributed by atoms with Crippen LogP contribution in [0.15, 0.2) is 52.0 Å². The van der Waals surface area contributed by atoms with Crippen LogP contribution in [0.25, 0.3) is 10.7 Å². The summed E-state index contributed by atoms with van der Waals surface area (Å²) < 4.78 is 0.686. The summed E-state index contributed by atoms with van der Waals surface area (Å²) in [7, 11) is 0. The number of hydrogen-bond acceptors (Lipinski definition) is 7. The lowest BCUT2D eigenvalue weighted by atomic mass is 10.2. The molecule has 3 rings (SSSR count). The number of benzene rings is 1. The number of nitrogens with zero attached hydrogens (tertiary/aromatic N) is 4. The van der Waals surface area contributed by atoms with Gasteiger partial charge in [-0.2, -0.15) is 5.10 Å². The Bertz CT molecular complexity index is 933. The van der Waals surface area contributed by atoms with Gasteiger partial charge in [0, 0.05) is 16.8 Å². The summed E-state index contributed by atoms with van der Waals surface area (Å²) in [6.07, 6.45) is 3.16. The monoisotopic (exact) mass is 423 g/mol. The van der Waals surface area contributed by atoms with Crippen LogP contribution in [0.5, 0.6) is 0 Å². The number of aromatic nitrogens is 3. The molecule has 0 radical (unpaired) electrons. The number of halogens is 2. The molecule has 1 amide bonds. The maximum absolute atomic E-state index is 11.9. The van der Waals surface area contributed by atoms with Crippen molar-refractivity contribution in [1.82, 2.24) is 20.6 Å². The van der Waals surface area contributed by atoms with Gasteiger partial charge in [-0.25, -0.2) is 5.43 Å². The van der Waals surface area contributed by atoms with Gasteiger partial charge in [0.15, 0.2) is 9.35 Å². The van der Waals surface area contributed by atoms with E-state index in [1.165, 1.54) is 29.3 Å².